The molecule has 0 aromatic carbocycles. The van der Waals surface area contributed by atoms with Crippen molar-refractivity contribution in [2.24, 2.45) is 0 Å². The predicted octanol–water partition coefficient (Wildman–Crippen LogP) is 2.62. The normalized spacial score (nSPS) is 20.8. The highest BCUT2D eigenvalue weighted by Crippen LogP contribution is 2.24. The number of hydrogen-bond donors (Lipinski definition) is 1. The molecule has 1 saturated heterocycles. The van der Waals surface area contributed by atoms with Crippen molar-refractivity contribution >= 4 is 5.91 Å². The second-order valence-corrected chi connectivity index (χ2v) is 5.90. The maximum absolute atomic E-state index is 12.2. The highest BCUT2D eigenvalue weighted by Gasteiger charge is 2.25. The van der Waals surface area contributed by atoms with Crippen LogP contribution in [0.25, 0.3) is 0 Å². The summed E-state index contributed by atoms with van der Waals surface area (Å²) in [5, 5.41) is 3.00. The molecule has 1 unspecified atom stereocenters. The van der Waals surface area contributed by atoms with Crippen molar-refractivity contribution in [3.63, 3.8) is 0 Å². The van der Waals surface area contributed by atoms with E-state index in [0.717, 1.165) is 31.7 Å². The van der Waals surface area contributed by atoms with Gasteiger partial charge in [0, 0.05) is 6.54 Å². The minimum absolute atomic E-state index is 0.100. The zero-order valence-electron chi connectivity index (χ0n) is 12.9. The van der Waals surface area contributed by atoms with Gasteiger partial charge in [-0.05, 0) is 57.0 Å². The number of nitrogens with one attached hydrogen (secondary N) is 1. The van der Waals surface area contributed by atoms with Crippen LogP contribution in [-0.4, -0.2) is 37.0 Å². The molecule has 1 fully saturated rings. The first kappa shape index (κ1) is 15.2. The molecular weight excluding hydrogens is 280 g/mol. The fourth-order valence-corrected chi connectivity index (χ4v) is 3.11. The van der Waals surface area contributed by atoms with Crippen LogP contribution in [0.15, 0.2) is 34.6 Å². The molecule has 0 radical (unpaired) electrons. The van der Waals surface area contributed by atoms with E-state index in [2.05, 4.69) is 10.2 Å². The summed E-state index contributed by atoms with van der Waals surface area (Å²) in [5.41, 5.74) is 0. The van der Waals surface area contributed by atoms with Crippen molar-refractivity contribution in [2.75, 3.05) is 26.2 Å². The lowest BCUT2D eigenvalue weighted by Gasteiger charge is -2.33. The Morgan fingerprint density at radius 2 is 2.14 bits per heavy atom. The summed E-state index contributed by atoms with van der Waals surface area (Å²) in [6, 6.07) is 3.99. The highest BCUT2D eigenvalue weighted by atomic mass is 16.5. The summed E-state index contributed by atoms with van der Waals surface area (Å²) in [4.78, 5) is 14.6. The summed E-state index contributed by atoms with van der Waals surface area (Å²) in [5.74, 6) is 1.26. The van der Waals surface area contributed by atoms with Crippen molar-refractivity contribution in [3.05, 3.63) is 36.0 Å². The molecule has 5 heteroatoms. The molecule has 1 aromatic rings. The molecule has 3 heterocycles. The minimum Gasteiger partial charge on any atom is -0.488 e. The van der Waals surface area contributed by atoms with E-state index >= 15 is 0 Å². The van der Waals surface area contributed by atoms with E-state index in [1.54, 1.807) is 6.26 Å². The van der Waals surface area contributed by atoms with Crippen molar-refractivity contribution in [1.29, 1.82) is 0 Å². The molecule has 0 aliphatic carbocycles. The number of carbonyl (C=O) groups excluding carboxylic acids is 1. The largest absolute Gasteiger partial charge is 0.488 e. The SMILES string of the molecule is O=C(NCC(c1ccco1)N1CCCCC1)C1=CCCCO1. The molecule has 1 amide bonds. The van der Waals surface area contributed by atoms with Crippen LogP contribution >= 0.6 is 0 Å². The van der Waals surface area contributed by atoms with Gasteiger partial charge in [0.1, 0.15) is 5.76 Å². The third-order valence-corrected chi connectivity index (χ3v) is 4.32. The Hall–Kier alpha value is -1.75. The van der Waals surface area contributed by atoms with Crippen LogP contribution in [0.2, 0.25) is 0 Å². The number of likely N-dealkylation sites (tertiary alicyclic amines) is 1. The molecular formula is C17H24N2O3. The first-order valence-electron chi connectivity index (χ1n) is 8.23. The van der Waals surface area contributed by atoms with Crippen LogP contribution < -0.4 is 5.32 Å². The van der Waals surface area contributed by atoms with Gasteiger partial charge in [-0.1, -0.05) is 6.42 Å². The number of furan rings is 1. The van der Waals surface area contributed by atoms with E-state index in [1.165, 1.54) is 19.3 Å². The molecule has 2 aliphatic heterocycles. The lowest BCUT2D eigenvalue weighted by Crippen LogP contribution is -2.41. The molecule has 0 bridgehead atoms. The topological polar surface area (TPSA) is 54.7 Å². The standard InChI is InChI=1S/C17H24N2O3/c20-17(16-7-2-5-11-22-16)18-13-14(15-8-6-12-21-15)19-9-3-1-4-10-19/h6-8,12,14H,1-5,9-11,13H2,(H,18,20). The minimum atomic E-state index is -0.117. The van der Waals surface area contributed by atoms with Gasteiger partial charge in [0.05, 0.1) is 18.9 Å². The number of hydrogen-bond acceptors (Lipinski definition) is 4. The molecule has 22 heavy (non-hydrogen) atoms. The molecule has 1 atom stereocenters. The average Bonchev–Trinajstić information content (AvgIpc) is 3.11. The maximum Gasteiger partial charge on any atom is 0.286 e. The Morgan fingerprint density at radius 1 is 1.27 bits per heavy atom. The molecule has 0 spiro atoms. The Balaban J connectivity index is 1.62. The second-order valence-electron chi connectivity index (χ2n) is 5.90. The molecule has 2 aliphatic rings. The van der Waals surface area contributed by atoms with Gasteiger partial charge < -0.3 is 14.5 Å². The lowest BCUT2D eigenvalue weighted by atomic mass is 10.1. The molecule has 120 valence electrons. The van der Waals surface area contributed by atoms with Gasteiger partial charge >= 0.3 is 0 Å². The summed E-state index contributed by atoms with van der Waals surface area (Å²) < 4.78 is 11.0. The van der Waals surface area contributed by atoms with Crippen LogP contribution in [0.5, 0.6) is 0 Å². The fraction of sp³-hybridized carbons (Fsp3) is 0.588. The van der Waals surface area contributed by atoms with Crippen molar-refractivity contribution < 1.29 is 13.9 Å². The van der Waals surface area contributed by atoms with E-state index in [4.69, 9.17) is 9.15 Å². The number of allylic oxidation sites excluding steroid dienone is 1. The summed E-state index contributed by atoms with van der Waals surface area (Å²) in [6.07, 6.45) is 9.17. The Labute approximate surface area is 131 Å². The molecule has 1 N–H and O–H groups in total. The van der Waals surface area contributed by atoms with Gasteiger partial charge in [0.15, 0.2) is 5.76 Å². The van der Waals surface area contributed by atoms with Gasteiger partial charge in [0.2, 0.25) is 0 Å². The molecule has 3 rings (SSSR count). The van der Waals surface area contributed by atoms with E-state index in [-0.39, 0.29) is 11.9 Å². The lowest BCUT2D eigenvalue weighted by molar-refractivity contribution is -0.121. The summed E-state index contributed by atoms with van der Waals surface area (Å²) in [7, 11) is 0. The average molecular weight is 304 g/mol. The van der Waals surface area contributed by atoms with Gasteiger partial charge in [-0.15, -0.1) is 0 Å². The highest BCUT2D eigenvalue weighted by molar-refractivity contribution is 5.91. The zero-order valence-corrected chi connectivity index (χ0v) is 12.9. The van der Waals surface area contributed by atoms with Crippen molar-refractivity contribution in [1.82, 2.24) is 10.2 Å². The number of nitrogens with zero attached hydrogens (tertiary/aromatic N) is 1. The van der Waals surface area contributed by atoms with Gasteiger partial charge in [-0.3, -0.25) is 9.69 Å². The quantitative estimate of drug-likeness (QED) is 0.908. The maximum atomic E-state index is 12.2. The summed E-state index contributed by atoms with van der Waals surface area (Å²) >= 11 is 0. The smallest absolute Gasteiger partial charge is 0.286 e. The Bertz CT molecular complexity index is 504. The number of ether oxygens (including phenoxy) is 1. The first-order chi connectivity index (χ1) is 10.8. The van der Waals surface area contributed by atoms with Crippen LogP contribution in [0.1, 0.15) is 43.9 Å². The number of rotatable bonds is 5. The van der Waals surface area contributed by atoms with Crippen LogP contribution in [0.3, 0.4) is 0 Å². The monoisotopic (exact) mass is 304 g/mol. The molecule has 0 saturated carbocycles. The van der Waals surface area contributed by atoms with E-state index in [0.29, 0.717) is 18.9 Å². The Morgan fingerprint density at radius 3 is 2.82 bits per heavy atom. The van der Waals surface area contributed by atoms with E-state index < -0.39 is 0 Å². The zero-order chi connectivity index (χ0) is 15.2. The third-order valence-electron chi connectivity index (χ3n) is 4.32. The number of carbonyl (C=O) groups is 1. The van der Waals surface area contributed by atoms with Crippen molar-refractivity contribution in [3.8, 4) is 0 Å². The Kier molecular flexibility index (Phi) is 5.16. The fourth-order valence-electron chi connectivity index (χ4n) is 3.11. The number of amides is 1. The van der Waals surface area contributed by atoms with Crippen molar-refractivity contribution in [2.45, 2.75) is 38.1 Å². The van der Waals surface area contributed by atoms with Gasteiger partial charge in [-0.25, -0.2) is 0 Å². The predicted molar refractivity (Wildman–Crippen MR) is 83.2 cm³/mol. The van der Waals surface area contributed by atoms with E-state index in [9.17, 15) is 4.79 Å². The molecule has 5 nitrogen and oxygen atoms in total. The van der Waals surface area contributed by atoms with Crippen LogP contribution in [0.4, 0.5) is 0 Å². The third kappa shape index (κ3) is 3.71. The number of piperidine rings is 1. The summed E-state index contributed by atoms with van der Waals surface area (Å²) in [6.45, 7) is 3.29. The second kappa shape index (κ2) is 7.49. The van der Waals surface area contributed by atoms with E-state index in [1.807, 2.05) is 18.2 Å². The van der Waals surface area contributed by atoms with Crippen LogP contribution in [-0.2, 0) is 9.53 Å². The van der Waals surface area contributed by atoms with Gasteiger partial charge in [0.25, 0.3) is 5.91 Å². The molecule has 1 aromatic heterocycles. The van der Waals surface area contributed by atoms with Crippen LogP contribution in [0, 0.1) is 0 Å². The first-order valence-corrected chi connectivity index (χ1v) is 8.23. The van der Waals surface area contributed by atoms with Gasteiger partial charge in [-0.2, -0.15) is 0 Å².